The molecule has 1 heterocycles. The maximum Gasteiger partial charge on any atom is 0.227 e. The SMILES string of the molecule is Cc1cccc(N2C[C@@H](C(=O)NC(C)(C)C)CC2=O)c1. The van der Waals surface area contributed by atoms with Gasteiger partial charge < -0.3 is 10.2 Å². The third kappa shape index (κ3) is 3.38. The van der Waals surface area contributed by atoms with E-state index in [4.69, 9.17) is 0 Å². The summed E-state index contributed by atoms with van der Waals surface area (Å²) in [7, 11) is 0. The lowest BCUT2D eigenvalue weighted by Gasteiger charge is -2.23. The number of aryl methyl sites for hydroxylation is 1. The van der Waals surface area contributed by atoms with Crippen LogP contribution in [0.5, 0.6) is 0 Å². The van der Waals surface area contributed by atoms with Crippen molar-refractivity contribution in [2.75, 3.05) is 11.4 Å². The van der Waals surface area contributed by atoms with E-state index in [-0.39, 0.29) is 29.7 Å². The number of anilines is 1. The number of carbonyl (C=O) groups excluding carboxylic acids is 2. The van der Waals surface area contributed by atoms with Gasteiger partial charge in [-0.3, -0.25) is 9.59 Å². The summed E-state index contributed by atoms with van der Waals surface area (Å²) in [5, 5.41) is 2.95. The summed E-state index contributed by atoms with van der Waals surface area (Å²) in [6, 6.07) is 7.81. The van der Waals surface area contributed by atoms with Crippen LogP contribution in [0, 0.1) is 12.8 Å². The Hall–Kier alpha value is -1.84. The minimum absolute atomic E-state index is 0.0182. The first kappa shape index (κ1) is 14.6. The zero-order valence-electron chi connectivity index (χ0n) is 12.6. The first-order chi connectivity index (χ1) is 9.26. The molecule has 0 radical (unpaired) electrons. The molecule has 4 nitrogen and oxygen atoms in total. The fourth-order valence-corrected chi connectivity index (χ4v) is 2.40. The van der Waals surface area contributed by atoms with Crippen LogP contribution in [0.2, 0.25) is 0 Å². The molecular weight excluding hydrogens is 252 g/mol. The Morgan fingerprint density at radius 1 is 1.35 bits per heavy atom. The van der Waals surface area contributed by atoms with E-state index in [1.54, 1.807) is 4.90 Å². The second-order valence-corrected chi connectivity index (χ2v) is 6.48. The fourth-order valence-electron chi connectivity index (χ4n) is 2.40. The van der Waals surface area contributed by atoms with E-state index in [0.29, 0.717) is 6.54 Å². The highest BCUT2D eigenvalue weighted by Crippen LogP contribution is 2.26. The highest BCUT2D eigenvalue weighted by atomic mass is 16.2. The minimum Gasteiger partial charge on any atom is -0.351 e. The van der Waals surface area contributed by atoms with Gasteiger partial charge in [-0.15, -0.1) is 0 Å². The van der Waals surface area contributed by atoms with Gasteiger partial charge in [-0.25, -0.2) is 0 Å². The van der Waals surface area contributed by atoms with E-state index in [0.717, 1.165) is 11.3 Å². The van der Waals surface area contributed by atoms with Crippen molar-refractivity contribution in [1.82, 2.24) is 5.32 Å². The third-order valence-electron chi connectivity index (χ3n) is 3.31. The Kier molecular flexibility index (Phi) is 3.84. The second-order valence-electron chi connectivity index (χ2n) is 6.48. The van der Waals surface area contributed by atoms with Crippen molar-refractivity contribution in [1.29, 1.82) is 0 Å². The summed E-state index contributed by atoms with van der Waals surface area (Å²) < 4.78 is 0. The van der Waals surface area contributed by atoms with Crippen LogP contribution in [0.4, 0.5) is 5.69 Å². The number of carbonyl (C=O) groups is 2. The summed E-state index contributed by atoms with van der Waals surface area (Å²) in [6.45, 7) is 8.29. The van der Waals surface area contributed by atoms with Crippen molar-refractivity contribution < 1.29 is 9.59 Å². The maximum atomic E-state index is 12.2. The Labute approximate surface area is 120 Å². The van der Waals surface area contributed by atoms with Crippen molar-refractivity contribution in [3.05, 3.63) is 29.8 Å². The molecule has 1 aromatic carbocycles. The Morgan fingerprint density at radius 2 is 2.05 bits per heavy atom. The molecule has 1 aliphatic rings. The normalized spacial score (nSPS) is 19.3. The highest BCUT2D eigenvalue weighted by Gasteiger charge is 2.36. The Morgan fingerprint density at radius 3 is 2.65 bits per heavy atom. The molecule has 1 N–H and O–H groups in total. The van der Waals surface area contributed by atoms with Gasteiger partial charge in [0.15, 0.2) is 0 Å². The van der Waals surface area contributed by atoms with Gasteiger partial charge in [0, 0.05) is 24.2 Å². The van der Waals surface area contributed by atoms with Crippen LogP contribution in [-0.2, 0) is 9.59 Å². The van der Waals surface area contributed by atoms with E-state index < -0.39 is 0 Å². The lowest BCUT2D eigenvalue weighted by molar-refractivity contribution is -0.127. The quantitative estimate of drug-likeness (QED) is 0.899. The van der Waals surface area contributed by atoms with Crippen LogP contribution < -0.4 is 10.2 Å². The number of amides is 2. The molecule has 0 aromatic heterocycles. The first-order valence-electron chi connectivity index (χ1n) is 6.95. The Balaban J connectivity index is 2.09. The highest BCUT2D eigenvalue weighted by molar-refractivity contribution is 6.00. The molecule has 0 saturated carbocycles. The molecule has 20 heavy (non-hydrogen) atoms. The largest absolute Gasteiger partial charge is 0.351 e. The van der Waals surface area contributed by atoms with Gasteiger partial charge in [0.1, 0.15) is 0 Å². The van der Waals surface area contributed by atoms with Crippen LogP contribution >= 0.6 is 0 Å². The Bertz CT molecular complexity index is 532. The minimum atomic E-state index is -0.267. The fraction of sp³-hybridized carbons (Fsp3) is 0.500. The summed E-state index contributed by atoms with van der Waals surface area (Å²) in [6.07, 6.45) is 0.288. The maximum absolute atomic E-state index is 12.2. The summed E-state index contributed by atoms with van der Waals surface area (Å²) in [5.74, 6) is -0.284. The van der Waals surface area contributed by atoms with Gasteiger partial charge in [0.25, 0.3) is 0 Å². The number of nitrogens with one attached hydrogen (secondary N) is 1. The molecular formula is C16H22N2O2. The first-order valence-corrected chi connectivity index (χ1v) is 6.95. The average molecular weight is 274 g/mol. The van der Waals surface area contributed by atoms with Gasteiger partial charge >= 0.3 is 0 Å². The van der Waals surface area contributed by atoms with E-state index in [1.807, 2.05) is 52.0 Å². The van der Waals surface area contributed by atoms with Crippen LogP contribution in [0.1, 0.15) is 32.8 Å². The molecule has 108 valence electrons. The lowest BCUT2D eigenvalue weighted by atomic mass is 10.0. The van der Waals surface area contributed by atoms with Crippen LogP contribution in [0.3, 0.4) is 0 Å². The van der Waals surface area contributed by atoms with Crippen molar-refractivity contribution >= 4 is 17.5 Å². The van der Waals surface area contributed by atoms with Gasteiger partial charge in [-0.1, -0.05) is 12.1 Å². The molecule has 2 rings (SSSR count). The average Bonchev–Trinajstić information content (AvgIpc) is 2.69. The molecule has 1 saturated heterocycles. The molecule has 1 aromatic rings. The number of nitrogens with zero attached hydrogens (tertiary/aromatic N) is 1. The van der Waals surface area contributed by atoms with Crippen molar-refractivity contribution in [3.63, 3.8) is 0 Å². The van der Waals surface area contributed by atoms with E-state index in [1.165, 1.54) is 0 Å². The second kappa shape index (κ2) is 5.27. The molecule has 0 bridgehead atoms. The van der Waals surface area contributed by atoms with Crippen molar-refractivity contribution in [2.24, 2.45) is 5.92 Å². The van der Waals surface area contributed by atoms with Crippen LogP contribution in [0.15, 0.2) is 24.3 Å². The zero-order chi connectivity index (χ0) is 14.9. The van der Waals surface area contributed by atoms with E-state index in [2.05, 4.69) is 5.32 Å². The standard InChI is InChI=1S/C16H22N2O2/c1-11-6-5-7-13(8-11)18-10-12(9-14(18)19)15(20)17-16(2,3)4/h5-8,12H,9-10H2,1-4H3,(H,17,20)/t12-/m0/s1. The number of rotatable bonds is 2. The van der Waals surface area contributed by atoms with Crippen LogP contribution in [-0.4, -0.2) is 23.9 Å². The summed E-state index contributed by atoms with van der Waals surface area (Å²) in [4.78, 5) is 26.0. The van der Waals surface area contributed by atoms with Gasteiger partial charge in [-0.05, 0) is 45.4 Å². The van der Waals surface area contributed by atoms with Crippen molar-refractivity contribution in [2.45, 2.75) is 39.7 Å². The van der Waals surface area contributed by atoms with Gasteiger partial charge in [0.2, 0.25) is 11.8 Å². The lowest BCUT2D eigenvalue weighted by Crippen LogP contribution is -2.44. The number of hydrogen-bond donors (Lipinski definition) is 1. The topological polar surface area (TPSA) is 49.4 Å². The van der Waals surface area contributed by atoms with Crippen molar-refractivity contribution in [3.8, 4) is 0 Å². The molecule has 2 amide bonds. The molecule has 1 aliphatic heterocycles. The van der Waals surface area contributed by atoms with E-state index >= 15 is 0 Å². The zero-order valence-corrected chi connectivity index (χ0v) is 12.6. The molecule has 1 fully saturated rings. The summed E-state index contributed by atoms with van der Waals surface area (Å²) in [5.41, 5.74) is 1.72. The predicted molar refractivity (Wildman–Crippen MR) is 79.5 cm³/mol. The monoisotopic (exact) mass is 274 g/mol. The van der Waals surface area contributed by atoms with Gasteiger partial charge in [-0.2, -0.15) is 0 Å². The molecule has 4 heteroatoms. The number of hydrogen-bond acceptors (Lipinski definition) is 2. The molecule has 1 atom stereocenters. The predicted octanol–water partition coefficient (Wildman–Crippen LogP) is 2.26. The van der Waals surface area contributed by atoms with Crippen LogP contribution in [0.25, 0.3) is 0 Å². The van der Waals surface area contributed by atoms with Gasteiger partial charge in [0.05, 0.1) is 5.92 Å². The molecule has 0 aliphatic carbocycles. The smallest absolute Gasteiger partial charge is 0.227 e. The number of benzene rings is 1. The molecule has 0 unspecified atom stereocenters. The van der Waals surface area contributed by atoms with E-state index in [9.17, 15) is 9.59 Å². The third-order valence-corrected chi connectivity index (χ3v) is 3.31. The molecule has 0 spiro atoms. The summed E-state index contributed by atoms with van der Waals surface area (Å²) >= 11 is 0.